The molecule has 1 aromatic heterocycles. The zero-order chi connectivity index (χ0) is 16.8. The Hall–Kier alpha value is -1.73. The van der Waals surface area contributed by atoms with Crippen LogP contribution in [-0.2, 0) is 11.2 Å². The molecule has 0 radical (unpaired) electrons. The number of hydrogen-bond acceptors (Lipinski definition) is 6. The van der Waals surface area contributed by atoms with Crippen LogP contribution < -0.4 is 14.8 Å². The van der Waals surface area contributed by atoms with Crippen molar-refractivity contribution >= 4 is 34.1 Å². The van der Waals surface area contributed by atoms with Gasteiger partial charge in [0, 0.05) is 6.42 Å². The molecule has 0 saturated heterocycles. The molecule has 124 valence electrons. The Bertz CT molecular complexity index is 686. The molecule has 0 unspecified atom stereocenters. The number of ether oxygens (including phenoxy) is 2. The van der Waals surface area contributed by atoms with Gasteiger partial charge in [0.1, 0.15) is 0 Å². The van der Waals surface area contributed by atoms with Crippen molar-refractivity contribution in [2.75, 3.05) is 25.8 Å². The average molecular weight is 352 g/mol. The topological polar surface area (TPSA) is 60.5 Å². The number of thioether (sulfide) groups is 1. The Kier molecular flexibility index (Phi) is 6.29. The molecule has 2 rings (SSSR count). The number of rotatable bonds is 7. The van der Waals surface area contributed by atoms with Gasteiger partial charge < -0.3 is 14.8 Å². The van der Waals surface area contributed by atoms with Gasteiger partial charge in [0.2, 0.25) is 5.91 Å². The maximum atomic E-state index is 12.1. The fraction of sp³-hybridized carbons (Fsp3) is 0.375. The van der Waals surface area contributed by atoms with Gasteiger partial charge in [0.05, 0.1) is 24.1 Å². The summed E-state index contributed by atoms with van der Waals surface area (Å²) in [6.07, 6.45) is 3.03. The highest BCUT2D eigenvalue weighted by Crippen LogP contribution is 2.30. The summed E-state index contributed by atoms with van der Waals surface area (Å²) in [5.74, 6) is 1.32. The molecule has 0 aliphatic carbocycles. The van der Waals surface area contributed by atoms with Crippen molar-refractivity contribution in [2.45, 2.75) is 24.0 Å². The zero-order valence-corrected chi connectivity index (χ0v) is 15.3. The fourth-order valence-corrected chi connectivity index (χ4v) is 3.73. The molecular weight excluding hydrogens is 332 g/mol. The van der Waals surface area contributed by atoms with Crippen molar-refractivity contribution in [3.63, 3.8) is 0 Å². The molecule has 2 aromatic rings. The number of methoxy groups -OCH3 is 2. The van der Waals surface area contributed by atoms with Crippen LogP contribution in [0.25, 0.3) is 0 Å². The van der Waals surface area contributed by atoms with Crippen molar-refractivity contribution < 1.29 is 14.3 Å². The average Bonchev–Trinajstić information content (AvgIpc) is 2.91. The first kappa shape index (κ1) is 17.6. The number of aromatic nitrogens is 1. The number of carbonyl (C=O) groups excluding carboxylic acids is 1. The monoisotopic (exact) mass is 352 g/mol. The highest BCUT2D eigenvalue weighted by molar-refractivity contribution is 8.00. The third kappa shape index (κ3) is 4.62. The number of aryl methyl sites for hydroxylation is 2. The standard InChI is InChI=1S/C16H20N2O3S2/c1-10-15(22-4)23-16(17-10)18-14(19)8-6-11-5-7-12(20-2)13(9-11)21-3/h5,7,9H,6,8H2,1-4H3,(H,17,18,19). The summed E-state index contributed by atoms with van der Waals surface area (Å²) in [7, 11) is 3.20. The van der Waals surface area contributed by atoms with E-state index in [1.165, 1.54) is 11.3 Å². The lowest BCUT2D eigenvalue weighted by Gasteiger charge is -2.09. The van der Waals surface area contributed by atoms with Crippen molar-refractivity contribution in [3.8, 4) is 11.5 Å². The van der Waals surface area contributed by atoms with Crippen LogP contribution in [0, 0.1) is 6.92 Å². The molecule has 1 heterocycles. The van der Waals surface area contributed by atoms with Gasteiger partial charge in [-0.3, -0.25) is 4.79 Å². The van der Waals surface area contributed by atoms with Gasteiger partial charge in [-0.1, -0.05) is 17.4 Å². The van der Waals surface area contributed by atoms with Crippen molar-refractivity contribution in [1.29, 1.82) is 0 Å². The summed E-state index contributed by atoms with van der Waals surface area (Å²) in [6.45, 7) is 1.95. The largest absolute Gasteiger partial charge is 0.493 e. The Morgan fingerprint density at radius 1 is 1.30 bits per heavy atom. The maximum absolute atomic E-state index is 12.1. The molecule has 0 aliphatic rings. The number of amides is 1. The van der Waals surface area contributed by atoms with Crippen molar-refractivity contribution in [3.05, 3.63) is 29.5 Å². The summed E-state index contributed by atoms with van der Waals surface area (Å²) < 4.78 is 11.6. The minimum Gasteiger partial charge on any atom is -0.493 e. The number of hydrogen-bond donors (Lipinski definition) is 1. The second kappa shape index (κ2) is 8.21. The number of nitrogens with zero attached hydrogens (tertiary/aromatic N) is 1. The summed E-state index contributed by atoms with van der Waals surface area (Å²) in [4.78, 5) is 16.4. The first-order valence-corrected chi connectivity index (χ1v) is 9.13. The van der Waals surface area contributed by atoms with Crippen molar-refractivity contribution in [2.24, 2.45) is 0 Å². The quantitative estimate of drug-likeness (QED) is 0.769. The van der Waals surface area contributed by atoms with Crippen LogP contribution in [0.2, 0.25) is 0 Å². The Labute approximate surface area is 144 Å². The molecule has 7 heteroatoms. The van der Waals surface area contributed by atoms with Gasteiger partial charge in [0.25, 0.3) is 0 Å². The van der Waals surface area contributed by atoms with Crippen LogP contribution in [0.5, 0.6) is 11.5 Å². The number of carbonyl (C=O) groups is 1. The molecule has 1 amide bonds. The smallest absolute Gasteiger partial charge is 0.226 e. The van der Waals surface area contributed by atoms with Gasteiger partial charge in [-0.2, -0.15) is 0 Å². The Balaban J connectivity index is 1.93. The van der Waals surface area contributed by atoms with Gasteiger partial charge >= 0.3 is 0 Å². The van der Waals surface area contributed by atoms with E-state index in [1.807, 2.05) is 31.4 Å². The van der Waals surface area contributed by atoms with E-state index in [0.29, 0.717) is 29.5 Å². The van der Waals surface area contributed by atoms with E-state index in [0.717, 1.165) is 15.5 Å². The SMILES string of the molecule is COc1ccc(CCC(=O)Nc2nc(C)c(SC)s2)cc1OC. The number of thiazole rings is 1. The van der Waals surface area contributed by atoms with Gasteiger partial charge in [0.15, 0.2) is 16.6 Å². The molecule has 5 nitrogen and oxygen atoms in total. The molecule has 1 N–H and O–H groups in total. The van der Waals surface area contributed by atoms with E-state index in [4.69, 9.17) is 9.47 Å². The van der Waals surface area contributed by atoms with E-state index in [2.05, 4.69) is 10.3 Å². The minimum atomic E-state index is -0.0406. The molecule has 0 atom stereocenters. The molecule has 1 aromatic carbocycles. The number of benzene rings is 1. The van der Waals surface area contributed by atoms with Gasteiger partial charge in [-0.15, -0.1) is 11.8 Å². The van der Waals surface area contributed by atoms with Gasteiger partial charge in [-0.25, -0.2) is 4.98 Å². The Morgan fingerprint density at radius 2 is 2.04 bits per heavy atom. The van der Waals surface area contributed by atoms with E-state index < -0.39 is 0 Å². The summed E-state index contributed by atoms with van der Waals surface area (Å²) in [5, 5.41) is 3.51. The molecule has 0 aliphatic heterocycles. The number of nitrogens with one attached hydrogen (secondary N) is 1. The van der Waals surface area contributed by atoms with Crippen LogP contribution in [-0.4, -0.2) is 31.4 Å². The van der Waals surface area contributed by atoms with Crippen LogP contribution in [0.15, 0.2) is 22.4 Å². The van der Waals surface area contributed by atoms with E-state index in [1.54, 1.807) is 26.0 Å². The third-order valence-corrected chi connectivity index (χ3v) is 5.56. The summed E-state index contributed by atoms with van der Waals surface area (Å²) >= 11 is 3.14. The molecule has 0 fully saturated rings. The molecule has 0 spiro atoms. The molecule has 0 saturated carbocycles. The molecular formula is C16H20N2O3S2. The molecule has 23 heavy (non-hydrogen) atoms. The zero-order valence-electron chi connectivity index (χ0n) is 13.6. The lowest BCUT2D eigenvalue weighted by atomic mass is 10.1. The highest BCUT2D eigenvalue weighted by Gasteiger charge is 2.11. The normalized spacial score (nSPS) is 10.4. The van der Waals surface area contributed by atoms with Gasteiger partial charge in [-0.05, 0) is 37.3 Å². The lowest BCUT2D eigenvalue weighted by Crippen LogP contribution is -2.12. The van der Waals surface area contributed by atoms with Crippen molar-refractivity contribution in [1.82, 2.24) is 4.98 Å². The predicted molar refractivity (Wildman–Crippen MR) is 95.1 cm³/mol. The second-order valence-electron chi connectivity index (χ2n) is 4.83. The Morgan fingerprint density at radius 3 is 2.65 bits per heavy atom. The van der Waals surface area contributed by atoms with E-state index >= 15 is 0 Å². The first-order valence-electron chi connectivity index (χ1n) is 7.09. The van der Waals surface area contributed by atoms with Crippen LogP contribution >= 0.6 is 23.1 Å². The van der Waals surface area contributed by atoms with Crippen LogP contribution in [0.3, 0.4) is 0 Å². The maximum Gasteiger partial charge on any atom is 0.226 e. The second-order valence-corrected chi connectivity index (χ2v) is 6.91. The fourth-order valence-electron chi connectivity index (χ4n) is 2.10. The predicted octanol–water partition coefficient (Wildman–Crippen LogP) is 3.76. The third-order valence-electron chi connectivity index (χ3n) is 3.27. The summed E-state index contributed by atoms with van der Waals surface area (Å²) in [6, 6.07) is 5.68. The minimum absolute atomic E-state index is 0.0406. The van der Waals surface area contributed by atoms with Crippen LogP contribution in [0.4, 0.5) is 5.13 Å². The highest BCUT2D eigenvalue weighted by atomic mass is 32.2. The molecule has 0 bridgehead atoms. The van der Waals surface area contributed by atoms with E-state index in [-0.39, 0.29) is 5.91 Å². The lowest BCUT2D eigenvalue weighted by molar-refractivity contribution is -0.116. The van der Waals surface area contributed by atoms with Crippen LogP contribution in [0.1, 0.15) is 17.7 Å². The first-order chi connectivity index (χ1) is 11.1. The van der Waals surface area contributed by atoms with E-state index in [9.17, 15) is 4.79 Å². The number of anilines is 1. The summed E-state index contributed by atoms with van der Waals surface area (Å²) in [5.41, 5.74) is 1.98.